The molecular formula is C18H15FN4O2S2. The molecular weight excluding hydrogens is 387 g/mol. The molecule has 0 aliphatic carbocycles. The van der Waals surface area contributed by atoms with Gasteiger partial charge in [-0.15, -0.1) is 10.2 Å². The van der Waals surface area contributed by atoms with Gasteiger partial charge in [-0.3, -0.25) is 9.59 Å². The molecule has 0 spiro atoms. The number of aromatic nitrogens is 2. The van der Waals surface area contributed by atoms with Crippen molar-refractivity contribution < 1.29 is 14.0 Å². The maximum Gasteiger partial charge on any atom is 0.221 e. The summed E-state index contributed by atoms with van der Waals surface area (Å²) in [6.07, 6.45) is 0. The summed E-state index contributed by atoms with van der Waals surface area (Å²) in [5.41, 5.74) is 1.18. The largest absolute Gasteiger partial charge is 0.330 e. The van der Waals surface area contributed by atoms with Gasteiger partial charge in [0, 0.05) is 18.3 Å². The molecule has 0 saturated carbocycles. The van der Waals surface area contributed by atoms with Crippen LogP contribution in [0, 0.1) is 5.82 Å². The molecule has 1 amide bonds. The van der Waals surface area contributed by atoms with Gasteiger partial charge in [0.15, 0.2) is 10.1 Å². The zero-order valence-electron chi connectivity index (χ0n) is 14.2. The number of nitrogens with one attached hydrogen (secondary N) is 2. The number of hydrogen-bond acceptors (Lipinski definition) is 7. The molecule has 0 radical (unpaired) electrons. The number of ketones is 1. The molecule has 0 unspecified atom stereocenters. The van der Waals surface area contributed by atoms with Crippen LogP contribution in [-0.4, -0.2) is 27.6 Å². The average molecular weight is 402 g/mol. The molecule has 1 aromatic heterocycles. The predicted molar refractivity (Wildman–Crippen MR) is 105 cm³/mol. The normalized spacial score (nSPS) is 10.4. The summed E-state index contributed by atoms with van der Waals surface area (Å²) in [5, 5.41) is 14.3. The van der Waals surface area contributed by atoms with Gasteiger partial charge in [-0.05, 0) is 30.3 Å². The summed E-state index contributed by atoms with van der Waals surface area (Å²) in [7, 11) is 0. The van der Waals surface area contributed by atoms with Crippen molar-refractivity contribution in [3.8, 4) is 0 Å². The lowest BCUT2D eigenvalue weighted by molar-refractivity contribution is -0.114. The monoisotopic (exact) mass is 402 g/mol. The number of Topliss-reactive ketones (excluding diaryl/α,β-unsaturated/α-hetero) is 1. The van der Waals surface area contributed by atoms with Crippen LogP contribution < -0.4 is 10.6 Å². The van der Waals surface area contributed by atoms with Crippen LogP contribution in [0.5, 0.6) is 0 Å². The Hall–Kier alpha value is -2.78. The molecule has 138 valence electrons. The van der Waals surface area contributed by atoms with E-state index in [2.05, 4.69) is 20.8 Å². The second-order valence-electron chi connectivity index (χ2n) is 5.45. The zero-order chi connectivity index (χ0) is 19.2. The Morgan fingerprint density at radius 3 is 2.59 bits per heavy atom. The predicted octanol–water partition coefficient (Wildman–Crippen LogP) is 4.35. The highest BCUT2D eigenvalue weighted by Gasteiger charge is 2.15. The number of para-hydroxylation sites is 1. The Kier molecular flexibility index (Phi) is 6.15. The van der Waals surface area contributed by atoms with E-state index in [1.54, 1.807) is 0 Å². The molecule has 3 aromatic rings. The fraction of sp³-hybridized carbons (Fsp3) is 0.111. The quantitative estimate of drug-likeness (QED) is 0.451. The van der Waals surface area contributed by atoms with Gasteiger partial charge in [0.25, 0.3) is 0 Å². The maximum atomic E-state index is 14.1. The molecule has 1 heterocycles. The number of hydrogen-bond donors (Lipinski definition) is 2. The first-order chi connectivity index (χ1) is 13.0. The van der Waals surface area contributed by atoms with Gasteiger partial charge in [-0.1, -0.05) is 41.3 Å². The summed E-state index contributed by atoms with van der Waals surface area (Å²) >= 11 is 2.51. The molecule has 0 bridgehead atoms. The standard InChI is InChI=1S/C18H15FN4O2S2/c1-11(24)20-13-7-8-14(15(19)9-13)16(25)10-26-18-23-22-17(27-18)21-12-5-3-2-4-6-12/h2-9H,10H2,1H3,(H,20,24)(H,21,22). The Morgan fingerprint density at radius 2 is 1.89 bits per heavy atom. The van der Waals surface area contributed by atoms with Gasteiger partial charge in [0.05, 0.1) is 11.3 Å². The SMILES string of the molecule is CC(=O)Nc1ccc(C(=O)CSc2nnc(Nc3ccccc3)s2)c(F)c1. The maximum absolute atomic E-state index is 14.1. The van der Waals surface area contributed by atoms with Crippen molar-refractivity contribution in [2.75, 3.05) is 16.4 Å². The van der Waals surface area contributed by atoms with Gasteiger partial charge in [-0.2, -0.15) is 0 Å². The van der Waals surface area contributed by atoms with Gasteiger partial charge in [0.1, 0.15) is 5.82 Å². The van der Waals surface area contributed by atoms with E-state index in [0.717, 1.165) is 11.8 Å². The van der Waals surface area contributed by atoms with Gasteiger partial charge in [-0.25, -0.2) is 4.39 Å². The first kappa shape index (κ1) is 19.0. The highest BCUT2D eigenvalue weighted by atomic mass is 32.2. The minimum atomic E-state index is -0.671. The summed E-state index contributed by atoms with van der Waals surface area (Å²) < 4.78 is 14.7. The van der Waals surface area contributed by atoms with E-state index < -0.39 is 5.82 Å². The van der Waals surface area contributed by atoms with E-state index >= 15 is 0 Å². The molecule has 3 rings (SSSR count). The highest BCUT2D eigenvalue weighted by Crippen LogP contribution is 2.28. The van der Waals surface area contributed by atoms with Crippen molar-refractivity contribution in [3.63, 3.8) is 0 Å². The van der Waals surface area contributed by atoms with E-state index in [4.69, 9.17) is 0 Å². The highest BCUT2D eigenvalue weighted by molar-refractivity contribution is 8.01. The first-order valence-corrected chi connectivity index (χ1v) is 9.70. The zero-order valence-corrected chi connectivity index (χ0v) is 15.9. The number of anilines is 3. The molecule has 9 heteroatoms. The lowest BCUT2D eigenvalue weighted by atomic mass is 10.1. The Balaban J connectivity index is 1.58. The molecule has 2 aromatic carbocycles. The third-order valence-electron chi connectivity index (χ3n) is 3.35. The number of thioether (sulfide) groups is 1. The molecule has 2 N–H and O–H groups in total. The second kappa shape index (κ2) is 8.74. The minimum absolute atomic E-state index is 0.0243. The van der Waals surface area contributed by atoms with Crippen LogP contribution >= 0.6 is 23.1 Å². The van der Waals surface area contributed by atoms with Crippen molar-refractivity contribution >= 4 is 51.3 Å². The van der Waals surface area contributed by atoms with Crippen LogP contribution in [0.1, 0.15) is 17.3 Å². The van der Waals surface area contributed by atoms with Crippen LogP contribution in [0.25, 0.3) is 0 Å². The van der Waals surface area contributed by atoms with Gasteiger partial charge < -0.3 is 10.6 Å². The molecule has 0 atom stereocenters. The summed E-state index contributed by atoms with van der Waals surface area (Å²) in [6.45, 7) is 1.33. The number of carbonyl (C=O) groups is 2. The molecule has 0 fully saturated rings. The first-order valence-electron chi connectivity index (χ1n) is 7.90. The molecule has 6 nitrogen and oxygen atoms in total. The lowest BCUT2D eigenvalue weighted by Gasteiger charge is -2.05. The van der Waals surface area contributed by atoms with E-state index in [1.807, 2.05) is 30.3 Å². The van der Waals surface area contributed by atoms with Crippen LogP contribution in [0.4, 0.5) is 20.9 Å². The molecule has 0 saturated heterocycles. The molecule has 27 heavy (non-hydrogen) atoms. The fourth-order valence-corrected chi connectivity index (χ4v) is 3.85. The number of amides is 1. The smallest absolute Gasteiger partial charge is 0.221 e. The van der Waals surface area contributed by atoms with Crippen molar-refractivity contribution in [1.82, 2.24) is 10.2 Å². The number of benzene rings is 2. The Morgan fingerprint density at radius 1 is 1.11 bits per heavy atom. The topological polar surface area (TPSA) is 84.0 Å². The number of rotatable bonds is 7. The molecule has 0 aliphatic heterocycles. The van der Waals surface area contributed by atoms with Crippen molar-refractivity contribution in [1.29, 1.82) is 0 Å². The van der Waals surface area contributed by atoms with Gasteiger partial charge >= 0.3 is 0 Å². The van der Waals surface area contributed by atoms with Crippen molar-refractivity contribution in [2.45, 2.75) is 11.3 Å². The molecule has 0 aliphatic rings. The van der Waals surface area contributed by atoms with Crippen LogP contribution in [0.15, 0.2) is 52.9 Å². The summed E-state index contributed by atoms with van der Waals surface area (Å²) in [6, 6.07) is 13.5. The third-order valence-corrected chi connectivity index (χ3v) is 5.32. The number of halogens is 1. The minimum Gasteiger partial charge on any atom is -0.330 e. The van der Waals surface area contributed by atoms with E-state index in [-0.39, 0.29) is 23.0 Å². The third kappa shape index (κ3) is 5.35. The number of nitrogens with zero attached hydrogens (tertiary/aromatic N) is 2. The van der Waals surface area contributed by atoms with E-state index in [0.29, 0.717) is 15.2 Å². The van der Waals surface area contributed by atoms with E-state index in [1.165, 1.54) is 42.2 Å². The van der Waals surface area contributed by atoms with Crippen LogP contribution in [0.2, 0.25) is 0 Å². The number of carbonyl (C=O) groups excluding carboxylic acids is 2. The van der Waals surface area contributed by atoms with Crippen LogP contribution in [0.3, 0.4) is 0 Å². The Labute approximate surface area is 163 Å². The summed E-state index contributed by atoms with van der Waals surface area (Å²) in [5.74, 6) is -1.30. The van der Waals surface area contributed by atoms with Crippen molar-refractivity contribution in [3.05, 3.63) is 59.9 Å². The summed E-state index contributed by atoms with van der Waals surface area (Å²) in [4.78, 5) is 23.3. The van der Waals surface area contributed by atoms with Crippen LogP contribution in [-0.2, 0) is 4.79 Å². The van der Waals surface area contributed by atoms with E-state index in [9.17, 15) is 14.0 Å². The van der Waals surface area contributed by atoms with Crippen molar-refractivity contribution in [2.24, 2.45) is 0 Å². The average Bonchev–Trinajstić information content (AvgIpc) is 3.07. The van der Waals surface area contributed by atoms with Gasteiger partial charge in [0.2, 0.25) is 11.0 Å². The lowest BCUT2D eigenvalue weighted by Crippen LogP contribution is -2.09. The Bertz CT molecular complexity index is 963. The second-order valence-corrected chi connectivity index (χ2v) is 7.65. The fourth-order valence-electron chi connectivity index (χ4n) is 2.19.